The van der Waals surface area contributed by atoms with Gasteiger partial charge < -0.3 is 14.9 Å². The van der Waals surface area contributed by atoms with E-state index in [1.165, 1.54) is 0 Å². The van der Waals surface area contributed by atoms with Crippen molar-refractivity contribution in [3.8, 4) is 0 Å². The van der Waals surface area contributed by atoms with E-state index < -0.39 is 0 Å². The zero-order valence-electron chi connectivity index (χ0n) is 13.3. The van der Waals surface area contributed by atoms with Gasteiger partial charge in [0, 0.05) is 30.9 Å². The zero-order valence-corrected chi connectivity index (χ0v) is 14.1. The van der Waals surface area contributed by atoms with Crippen molar-refractivity contribution in [3.63, 3.8) is 0 Å². The number of thiophene rings is 1. The van der Waals surface area contributed by atoms with E-state index in [-0.39, 0.29) is 12.0 Å². The van der Waals surface area contributed by atoms with E-state index >= 15 is 0 Å². The average Bonchev–Trinajstić information content (AvgIpc) is 3.09. The molecule has 22 heavy (non-hydrogen) atoms. The Balaban J connectivity index is 1.47. The molecule has 0 aromatic carbocycles. The summed E-state index contributed by atoms with van der Waals surface area (Å²) in [7, 11) is 0. The number of hydrogen-bond donors (Lipinski definition) is 1. The number of hydrogen-bond acceptors (Lipinski definition) is 4. The van der Waals surface area contributed by atoms with Crippen molar-refractivity contribution in [3.05, 3.63) is 22.4 Å². The minimum absolute atomic E-state index is 0.205. The highest BCUT2D eigenvalue weighted by Crippen LogP contribution is 2.34. The van der Waals surface area contributed by atoms with Crippen LogP contribution in [0.1, 0.15) is 43.6 Å². The molecular weight excluding hydrogens is 296 g/mol. The summed E-state index contributed by atoms with van der Waals surface area (Å²) in [6, 6.07) is 4.68. The van der Waals surface area contributed by atoms with E-state index in [0.29, 0.717) is 12.0 Å². The monoisotopic (exact) mass is 322 g/mol. The second-order valence-corrected chi connectivity index (χ2v) is 7.55. The van der Waals surface area contributed by atoms with Gasteiger partial charge in [0.1, 0.15) is 0 Å². The van der Waals surface area contributed by atoms with Crippen molar-refractivity contribution in [2.45, 2.75) is 44.8 Å². The van der Waals surface area contributed by atoms with E-state index in [2.05, 4.69) is 4.90 Å². The maximum Gasteiger partial charge on any atom is 0.219 e. The highest BCUT2D eigenvalue weighted by Gasteiger charge is 2.31. The molecule has 0 spiro atoms. The Kier molecular flexibility index (Phi) is 5.16. The summed E-state index contributed by atoms with van der Waals surface area (Å²) in [6.07, 6.45) is 4.05. The van der Waals surface area contributed by atoms with Gasteiger partial charge in [-0.15, -0.1) is 11.3 Å². The van der Waals surface area contributed by atoms with E-state index in [9.17, 15) is 9.90 Å². The lowest BCUT2D eigenvalue weighted by Gasteiger charge is -2.42. The van der Waals surface area contributed by atoms with Crippen LogP contribution in [0.15, 0.2) is 17.5 Å². The van der Waals surface area contributed by atoms with Crippen LogP contribution in [0.25, 0.3) is 0 Å². The number of aliphatic hydroxyl groups excluding tert-OH is 1. The van der Waals surface area contributed by atoms with Crippen LogP contribution >= 0.6 is 11.3 Å². The van der Waals surface area contributed by atoms with Gasteiger partial charge in [-0.25, -0.2) is 0 Å². The molecule has 2 saturated heterocycles. The van der Waals surface area contributed by atoms with Crippen LogP contribution in [0.2, 0.25) is 0 Å². The molecule has 0 saturated carbocycles. The lowest BCUT2D eigenvalue weighted by atomic mass is 9.89. The molecular formula is C17H26N2O2S. The quantitative estimate of drug-likeness (QED) is 0.930. The van der Waals surface area contributed by atoms with E-state index in [4.69, 9.17) is 0 Å². The summed E-state index contributed by atoms with van der Waals surface area (Å²) in [4.78, 5) is 17.0. The smallest absolute Gasteiger partial charge is 0.219 e. The van der Waals surface area contributed by atoms with Crippen LogP contribution in [0, 0.1) is 5.92 Å². The van der Waals surface area contributed by atoms with Crippen molar-refractivity contribution in [2.75, 3.05) is 26.2 Å². The number of carbonyl (C=O) groups is 1. The van der Waals surface area contributed by atoms with E-state index in [0.717, 1.165) is 56.7 Å². The number of piperidine rings is 2. The second-order valence-electron chi connectivity index (χ2n) is 6.57. The molecule has 1 N–H and O–H groups in total. The minimum atomic E-state index is -0.290. The summed E-state index contributed by atoms with van der Waals surface area (Å²) in [5, 5.41) is 12.5. The molecule has 4 nitrogen and oxygen atoms in total. The molecule has 1 amide bonds. The Morgan fingerprint density at radius 2 is 1.91 bits per heavy atom. The van der Waals surface area contributed by atoms with Gasteiger partial charge in [0.2, 0.25) is 5.91 Å². The maximum absolute atomic E-state index is 11.4. The molecule has 1 aromatic rings. The Morgan fingerprint density at radius 3 is 2.45 bits per heavy atom. The largest absolute Gasteiger partial charge is 0.387 e. The van der Waals surface area contributed by atoms with Crippen molar-refractivity contribution < 1.29 is 9.90 Å². The lowest BCUT2D eigenvalue weighted by Crippen LogP contribution is -2.49. The van der Waals surface area contributed by atoms with Gasteiger partial charge in [-0.1, -0.05) is 6.07 Å². The molecule has 2 aliphatic rings. The molecule has 2 aliphatic heterocycles. The van der Waals surface area contributed by atoms with Gasteiger partial charge in [0.05, 0.1) is 6.10 Å². The fourth-order valence-electron chi connectivity index (χ4n) is 3.84. The molecule has 0 unspecified atom stereocenters. The highest BCUT2D eigenvalue weighted by atomic mass is 32.1. The molecule has 3 heterocycles. The van der Waals surface area contributed by atoms with Gasteiger partial charge >= 0.3 is 0 Å². The summed E-state index contributed by atoms with van der Waals surface area (Å²) in [5.41, 5.74) is 0. The Bertz CT molecular complexity index is 475. The molecule has 0 aliphatic carbocycles. The third-order valence-corrected chi connectivity index (χ3v) is 6.22. The van der Waals surface area contributed by atoms with Gasteiger partial charge in [-0.3, -0.25) is 4.79 Å². The number of rotatable bonds is 3. The van der Waals surface area contributed by atoms with Crippen LogP contribution < -0.4 is 0 Å². The molecule has 0 radical (unpaired) electrons. The summed E-state index contributed by atoms with van der Waals surface area (Å²) < 4.78 is 0. The maximum atomic E-state index is 11.4. The molecule has 5 heteroatoms. The first kappa shape index (κ1) is 16.0. The molecule has 2 fully saturated rings. The topological polar surface area (TPSA) is 43.8 Å². The Morgan fingerprint density at radius 1 is 1.23 bits per heavy atom. The van der Waals surface area contributed by atoms with E-state index in [1.807, 2.05) is 22.4 Å². The second kappa shape index (κ2) is 7.11. The number of nitrogens with zero attached hydrogens (tertiary/aromatic N) is 2. The van der Waals surface area contributed by atoms with Gasteiger partial charge in [-0.05, 0) is 56.1 Å². The summed E-state index contributed by atoms with van der Waals surface area (Å²) in [5.74, 6) is 0.600. The average molecular weight is 322 g/mol. The summed E-state index contributed by atoms with van der Waals surface area (Å²) in [6.45, 7) is 5.63. The van der Waals surface area contributed by atoms with E-state index in [1.54, 1.807) is 18.3 Å². The van der Waals surface area contributed by atoms with Crippen molar-refractivity contribution in [2.24, 2.45) is 5.92 Å². The number of aliphatic hydroxyl groups is 1. The Labute approximate surface area is 136 Å². The number of amides is 1. The van der Waals surface area contributed by atoms with Gasteiger partial charge in [-0.2, -0.15) is 0 Å². The molecule has 0 bridgehead atoms. The van der Waals surface area contributed by atoms with Crippen molar-refractivity contribution in [1.29, 1.82) is 0 Å². The van der Waals surface area contributed by atoms with Gasteiger partial charge in [0.25, 0.3) is 0 Å². The minimum Gasteiger partial charge on any atom is -0.387 e. The first-order valence-corrected chi connectivity index (χ1v) is 9.24. The van der Waals surface area contributed by atoms with Crippen LogP contribution in [0.5, 0.6) is 0 Å². The normalized spacial score (nSPS) is 23.6. The molecule has 122 valence electrons. The van der Waals surface area contributed by atoms with Crippen LogP contribution in [0.4, 0.5) is 0 Å². The van der Waals surface area contributed by atoms with Crippen LogP contribution in [-0.2, 0) is 4.79 Å². The lowest BCUT2D eigenvalue weighted by molar-refractivity contribution is -0.130. The first-order valence-electron chi connectivity index (χ1n) is 8.36. The highest BCUT2D eigenvalue weighted by molar-refractivity contribution is 7.10. The van der Waals surface area contributed by atoms with Gasteiger partial charge in [0.15, 0.2) is 0 Å². The molecule has 1 atom stereocenters. The first-order chi connectivity index (χ1) is 10.6. The van der Waals surface area contributed by atoms with Crippen LogP contribution in [-0.4, -0.2) is 53.0 Å². The fraction of sp³-hybridized carbons (Fsp3) is 0.706. The Hall–Kier alpha value is -0.910. The predicted molar refractivity (Wildman–Crippen MR) is 88.9 cm³/mol. The van der Waals surface area contributed by atoms with Crippen molar-refractivity contribution >= 4 is 17.2 Å². The van der Waals surface area contributed by atoms with Crippen molar-refractivity contribution in [1.82, 2.24) is 9.80 Å². The zero-order chi connectivity index (χ0) is 15.5. The third-order valence-electron chi connectivity index (χ3n) is 5.28. The standard InChI is InChI=1S/C17H26N2O2S/c1-13(20)18-10-6-15(7-11-18)19-8-4-14(5-9-19)17(21)16-3-2-12-22-16/h2-3,12,14-15,17,21H,4-11H2,1H3/t17-/m0/s1. The summed E-state index contributed by atoms with van der Waals surface area (Å²) >= 11 is 1.66. The fourth-order valence-corrected chi connectivity index (χ4v) is 4.64. The SMILES string of the molecule is CC(=O)N1CCC(N2CCC([C@H](O)c3cccs3)CC2)CC1. The third kappa shape index (κ3) is 3.53. The number of carbonyl (C=O) groups excluding carboxylic acids is 1. The predicted octanol–water partition coefficient (Wildman–Crippen LogP) is 2.50. The number of likely N-dealkylation sites (tertiary alicyclic amines) is 2. The van der Waals surface area contributed by atoms with Crippen LogP contribution in [0.3, 0.4) is 0 Å². The molecule has 1 aromatic heterocycles. The molecule has 3 rings (SSSR count).